The van der Waals surface area contributed by atoms with Gasteiger partial charge in [0.1, 0.15) is 0 Å². The number of amides is 2. The molecule has 2 amide bonds. The molecule has 0 aromatic heterocycles. The van der Waals surface area contributed by atoms with Crippen molar-refractivity contribution in [2.24, 2.45) is 5.92 Å². The van der Waals surface area contributed by atoms with Crippen LogP contribution in [0.4, 0.5) is 4.79 Å². The lowest BCUT2D eigenvalue weighted by atomic mass is 9.84. The summed E-state index contributed by atoms with van der Waals surface area (Å²) in [6, 6.07) is 21.4. The second kappa shape index (κ2) is 10.7. The molecule has 2 aromatic rings. The minimum absolute atomic E-state index is 0.0181. The van der Waals surface area contributed by atoms with Crippen molar-refractivity contribution in [3.8, 4) is 0 Å². The lowest BCUT2D eigenvalue weighted by Gasteiger charge is -2.31. The number of unbranched alkanes of at least 4 members (excludes halogenated alkanes) is 1. The summed E-state index contributed by atoms with van der Waals surface area (Å²) in [6.45, 7) is 1.99. The molecule has 2 aromatic carbocycles. The minimum Gasteiger partial charge on any atom is -0.338 e. The highest BCUT2D eigenvalue weighted by Crippen LogP contribution is 2.53. The van der Waals surface area contributed by atoms with E-state index in [-0.39, 0.29) is 6.03 Å². The van der Waals surface area contributed by atoms with Crippen LogP contribution in [-0.2, 0) is 6.42 Å². The van der Waals surface area contributed by atoms with E-state index in [1.54, 1.807) is 11.1 Å². The monoisotopic (exact) mass is 445 g/mol. The molecule has 0 spiro atoms. The molecule has 1 aliphatic carbocycles. The predicted octanol–water partition coefficient (Wildman–Crippen LogP) is 6.15. The van der Waals surface area contributed by atoms with Crippen molar-refractivity contribution in [3.05, 3.63) is 71.3 Å². The summed E-state index contributed by atoms with van der Waals surface area (Å²) in [4.78, 5) is 15.1. The van der Waals surface area contributed by atoms with Crippen LogP contribution in [0.2, 0.25) is 0 Å². The number of nitrogens with one attached hydrogen (secondary N) is 2. The number of rotatable bonds is 9. The number of hydrogen-bond acceptors (Lipinski definition) is 2. The van der Waals surface area contributed by atoms with Gasteiger partial charge in [-0.25, -0.2) is 4.79 Å². The van der Waals surface area contributed by atoms with E-state index in [9.17, 15) is 4.79 Å². The van der Waals surface area contributed by atoms with E-state index in [1.807, 2.05) is 0 Å². The first kappa shape index (κ1) is 22.5. The molecule has 3 aliphatic rings. The molecule has 5 rings (SSSR count). The Morgan fingerprint density at radius 1 is 0.818 bits per heavy atom. The van der Waals surface area contributed by atoms with E-state index in [1.165, 1.54) is 44.2 Å². The Morgan fingerprint density at radius 2 is 1.48 bits per heavy atom. The average Bonchev–Trinajstić information content (AvgIpc) is 3.40. The van der Waals surface area contributed by atoms with Gasteiger partial charge in [-0.1, -0.05) is 54.6 Å². The fraction of sp³-hybridized carbons (Fsp3) is 0.552. The predicted molar refractivity (Wildman–Crippen MR) is 134 cm³/mol. The molecule has 1 saturated heterocycles. The maximum Gasteiger partial charge on any atom is 0.315 e. The molecular formula is C29H39N3O. The summed E-state index contributed by atoms with van der Waals surface area (Å²) in [5.74, 6) is 0.812. The molecular weight excluding hydrogens is 406 g/mol. The number of urea groups is 1. The van der Waals surface area contributed by atoms with Crippen molar-refractivity contribution in [3.63, 3.8) is 0 Å². The summed E-state index contributed by atoms with van der Waals surface area (Å²) in [5.41, 5.74) is 4.56. The van der Waals surface area contributed by atoms with Gasteiger partial charge in [0.05, 0.1) is 0 Å². The number of aryl methyl sites for hydroxylation is 1. The highest BCUT2D eigenvalue weighted by atomic mass is 16.2. The molecule has 2 fully saturated rings. The van der Waals surface area contributed by atoms with Crippen molar-refractivity contribution in [1.29, 1.82) is 0 Å². The average molecular weight is 446 g/mol. The molecule has 2 atom stereocenters. The second-order valence-electron chi connectivity index (χ2n) is 10.3. The standard InChI is InChI=1S/C29H39N3O/c33-29(30-20-7-6-10-22-8-2-1-3-9-22)31-24-15-13-23(14-16-24)19-21-32-27-17-18-28(32)26-12-5-4-11-25(26)27/h1-5,8-9,11-12,23-24,27-28H,6-7,10,13-21H2,(H2,30,31,33). The van der Waals surface area contributed by atoms with E-state index < -0.39 is 0 Å². The van der Waals surface area contributed by atoms with Crippen LogP contribution >= 0.6 is 0 Å². The van der Waals surface area contributed by atoms with Gasteiger partial charge in [-0.15, -0.1) is 0 Å². The Kier molecular flexibility index (Phi) is 7.30. The fourth-order valence-corrected chi connectivity index (χ4v) is 6.43. The number of fused-ring (bicyclic) bond motifs is 5. The first-order chi connectivity index (χ1) is 16.3. The minimum atomic E-state index is 0.0181. The maximum absolute atomic E-state index is 12.3. The van der Waals surface area contributed by atoms with Crippen LogP contribution < -0.4 is 10.6 Å². The molecule has 4 heteroatoms. The number of carbonyl (C=O) groups is 1. The van der Waals surface area contributed by atoms with E-state index in [0.29, 0.717) is 18.1 Å². The molecule has 33 heavy (non-hydrogen) atoms. The van der Waals surface area contributed by atoms with Crippen LogP contribution in [0.3, 0.4) is 0 Å². The molecule has 1 saturated carbocycles. The quantitative estimate of drug-likeness (QED) is 0.455. The van der Waals surface area contributed by atoms with Gasteiger partial charge in [-0.2, -0.15) is 0 Å². The van der Waals surface area contributed by atoms with Gasteiger partial charge in [0, 0.05) is 24.7 Å². The Labute approximate surface area is 199 Å². The van der Waals surface area contributed by atoms with Crippen LogP contribution in [-0.4, -0.2) is 30.1 Å². The van der Waals surface area contributed by atoms with Gasteiger partial charge in [-0.05, 0) is 93.4 Å². The number of benzene rings is 2. The van der Waals surface area contributed by atoms with Gasteiger partial charge in [0.2, 0.25) is 0 Å². The lowest BCUT2D eigenvalue weighted by Crippen LogP contribution is -2.44. The number of carbonyl (C=O) groups excluding carboxylic acids is 1. The molecule has 176 valence electrons. The Morgan fingerprint density at radius 3 is 2.18 bits per heavy atom. The van der Waals surface area contributed by atoms with E-state index in [2.05, 4.69) is 70.1 Å². The topological polar surface area (TPSA) is 44.4 Å². The summed E-state index contributed by atoms with van der Waals surface area (Å²) in [6.07, 6.45) is 11.9. The molecule has 2 unspecified atom stereocenters. The van der Waals surface area contributed by atoms with Crippen molar-refractivity contribution >= 4 is 6.03 Å². The van der Waals surface area contributed by atoms with Crippen LogP contribution in [0, 0.1) is 5.92 Å². The van der Waals surface area contributed by atoms with Gasteiger partial charge in [-0.3, -0.25) is 4.90 Å². The molecule has 2 bridgehead atoms. The summed E-state index contributed by atoms with van der Waals surface area (Å²) in [7, 11) is 0. The summed E-state index contributed by atoms with van der Waals surface area (Å²) >= 11 is 0. The Hall–Kier alpha value is -2.33. The molecule has 2 N–H and O–H groups in total. The third kappa shape index (κ3) is 5.43. The number of hydrogen-bond donors (Lipinski definition) is 2. The summed E-state index contributed by atoms with van der Waals surface area (Å²) in [5, 5.41) is 6.28. The van der Waals surface area contributed by atoms with Gasteiger partial charge < -0.3 is 10.6 Å². The molecule has 0 radical (unpaired) electrons. The first-order valence-electron chi connectivity index (χ1n) is 13.2. The normalized spacial score (nSPS) is 26.2. The zero-order valence-electron chi connectivity index (χ0n) is 19.8. The Bertz CT molecular complexity index is 875. The highest BCUT2D eigenvalue weighted by molar-refractivity contribution is 5.74. The Balaban J connectivity index is 0.952. The third-order valence-electron chi connectivity index (χ3n) is 8.23. The van der Waals surface area contributed by atoms with Crippen LogP contribution in [0.5, 0.6) is 0 Å². The van der Waals surface area contributed by atoms with Crippen molar-refractivity contribution in [2.75, 3.05) is 13.1 Å². The van der Waals surface area contributed by atoms with Crippen LogP contribution in [0.25, 0.3) is 0 Å². The smallest absolute Gasteiger partial charge is 0.315 e. The van der Waals surface area contributed by atoms with E-state index in [0.717, 1.165) is 44.6 Å². The third-order valence-corrected chi connectivity index (χ3v) is 8.23. The molecule has 2 heterocycles. The van der Waals surface area contributed by atoms with Gasteiger partial charge in [0.25, 0.3) is 0 Å². The van der Waals surface area contributed by atoms with Crippen molar-refractivity contribution < 1.29 is 4.79 Å². The second-order valence-corrected chi connectivity index (χ2v) is 10.3. The highest BCUT2D eigenvalue weighted by Gasteiger charge is 2.43. The zero-order valence-corrected chi connectivity index (χ0v) is 19.8. The van der Waals surface area contributed by atoms with Crippen LogP contribution in [0.15, 0.2) is 54.6 Å². The van der Waals surface area contributed by atoms with Gasteiger partial charge in [0.15, 0.2) is 0 Å². The molecule has 2 aliphatic heterocycles. The first-order valence-corrected chi connectivity index (χ1v) is 13.2. The largest absolute Gasteiger partial charge is 0.338 e. The van der Waals surface area contributed by atoms with Crippen molar-refractivity contribution in [2.45, 2.75) is 82.3 Å². The zero-order chi connectivity index (χ0) is 22.5. The maximum atomic E-state index is 12.3. The van der Waals surface area contributed by atoms with Crippen molar-refractivity contribution in [1.82, 2.24) is 15.5 Å². The van der Waals surface area contributed by atoms with E-state index >= 15 is 0 Å². The lowest BCUT2D eigenvalue weighted by molar-refractivity contribution is 0.185. The van der Waals surface area contributed by atoms with Gasteiger partial charge >= 0.3 is 6.03 Å². The molecule has 4 nitrogen and oxygen atoms in total. The SMILES string of the molecule is O=C(NCCCCc1ccccc1)NC1CCC(CCN2C3CCC2c2ccccc23)CC1. The fourth-order valence-electron chi connectivity index (χ4n) is 6.43. The summed E-state index contributed by atoms with van der Waals surface area (Å²) < 4.78 is 0. The van der Waals surface area contributed by atoms with Crippen LogP contribution in [0.1, 0.15) is 86.6 Å². The number of nitrogens with zero attached hydrogens (tertiary/aromatic N) is 1. The van der Waals surface area contributed by atoms with E-state index in [4.69, 9.17) is 0 Å².